The van der Waals surface area contributed by atoms with Crippen molar-refractivity contribution in [3.63, 3.8) is 0 Å². The van der Waals surface area contributed by atoms with Crippen LogP contribution in [-0.2, 0) is 4.79 Å². The normalized spacial score (nSPS) is 21.2. The van der Waals surface area contributed by atoms with Crippen molar-refractivity contribution in [2.24, 2.45) is 17.3 Å². The first-order chi connectivity index (χ1) is 10.8. The van der Waals surface area contributed by atoms with Crippen molar-refractivity contribution >= 4 is 11.8 Å². The minimum Gasteiger partial charge on any atom is -0.354 e. The first-order valence-corrected chi connectivity index (χ1v) is 8.10. The van der Waals surface area contributed by atoms with Gasteiger partial charge >= 0.3 is 0 Å². The lowest BCUT2D eigenvalue weighted by atomic mass is 10.1. The van der Waals surface area contributed by atoms with Crippen LogP contribution in [0.1, 0.15) is 38.1 Å². The first-order valence-electron chi connectivity index (χ1n) is 8.10. The van der Waals surface area contributed by atoms with Crippen molar-refractivity contribution in [2.45, 2.75) is 27.7 Å². The van der Waals surface area contributed by atoms with Gasteiger partial charge in [0.15, 0.2) is 0 Å². The number of carbonyl (C=O) groups is 2. The number of carbonyl (C=O) groups excluding carboxylic acids is 2. The van der Waals surface area contributed by atoms with E-state index < -0.39 is 0 Å². The maximum absolute atomic E-state index is 12.3. The second-order valence-electron chi connectivity index (χ2n) is 6.98. The van der Waals surface area contributed by atoms with Crippen LogP contribution in [0.15, 0.2) is 42.0 Å². The number of benzene rings is 1. The monoisotopic (exact) mass is 314 g/mol. The molecule has 2 rings (SSSR count). The summed E-state index contributed by atoms with van der Waals surface area (Å²) in [6.45, 7) is 9.24. The highest BCUT2D eigenvalue weighted by Gasteiger charge is 2.60. The topological polar surface area (TPSA) is 58.2 Å². The molecule has 1 fully saturated rings. The Morgan fingerprint density at radius 3 is 2.30 bits per heavy atom. The average Bonchev–Trinajstić information content (AvgIpc) is 3.04. The molecule has 0 spiro atoms. The molecule has 2 amide bonds. The summed E-state index contributed by atoms with van der Waals surface area (Å²) in [5, 5.41) is 5.74. The van der Waals surface area contributed by atoms with Gasteiger partial charge in [0, 0.05) is 18.7 Å². The zero-order valence-electron chi connectivity index (χ0n) is 14.3. The molecule has 1 aliphatic carbocycles. The van der Waals surface area contributed by atoms with Crippen LogP contribution in [0.5, 0.6) is 0 Å². The maximum atomic E-state index is 12.3. The third-order valence-electron chi connectivity index (χ3n) is 4.45. The number of rotatable bonds is 6. The molecule has 2 atom stereocenters. The highest BCUT2D eigenvalue weighted by atomic mass is 16.2. The summed E-state index contributed by atoms with van der Waals surface area (Å²) in [5.74, 6) is 0.300. The SMILES string of the molecule is CC(C)=C[C@@H]1[C@H](C(=O)NCCNC(=O)c2ccccc2)C1(C)C. The van der Waals surface area contributed by atoms with E-state index in [0.29, 0.717) is 24.6 Å². The van der Waals surface area contributed by atoms with Crippen molar-refractivity contribution in [3.8, 4) is 0 Å². The molecule has 1 aromatic rings. The van der Waals surface area contributed by atoms with Crippen LogP contribution in [-0.4, -0.2) is 24.9 Å². The summed E-state index contributed by atoms with van der Waals surface area (Å²) < 4.78 is 0. The van der Waals surface area contributed by atoms with E-state index in [1.54, 1.807) is 12.1 Å². The Hall–Kier alpha value is -2.10. The molecule has 0 bridgehead atoms. The van der Waals surface area contributed by atoms with Crippen LogP contribution >= 0.6 is 0 Å². The molecule has 0 aliphatic heterocycles. The van der Waals surface area contributed by atoms with Gasteiger partial charge in [-0.2, -0.15) is 0 Å². The molecule has 1 aliphatic rings. The van der Waals surface area contributed by atoms with Gasteiger partial charge in [-0.3, -0.25) is 9.59 Å². The summed E-state index contributed by atoms with van der Waals surface area (Å²) in [5.41, 5.74) is 1.90. The molecule has 23 heavy (non-hydrogen) atoms. The number of nitrogens with one attached hydrogen (secondary N) is 2. The standard InChI is InChI=1S/C19H26N2O2/c1-13(2)12-15-16(19(15,3)4)18(23)21-11-10-20-17(22)14-8-6-5-7-9-14/h5-9,12,15-16H,10-11H2,1-4H3,(H,20,22)(H,21,23)/t15-,16-/m1/s1. The van der Waals surface area contributed by atoms with E-state index in [-0.39, 0.29) is 23.1 Å². The summed E-state index contributed by atoms with van der Waals surface area (Å²) in [7, 11) is 0. The van der Waals surface area contributed by atoms with E-state index in [4.69, 9.17) is 0 Å². The van der Waals surface area contributed by atoms with Crippen molar-refractivity contribution in [1.29, 1.82) is 0 Å². The van der Waals surface area contributed by atoms with E-state index in [1.165, 1.54) is 5.57 Å². The number of hydrogen-bond acceptors (Lipinski definition) is 2. The van der Waals surface area contributed by atoms with Crippen LogP contribution < -0.4 is 10.6 Å². The van der Waals surface area contributed by atoms with Crippen LogP contribution in [0.3, 0.4) is 0 Å². The minimum absolute atomic E-state index is 0.0225. The maximum Gasteiger partial charge on any atom is 0.251 e. The van der Waals surface area contributed by atoms with Crippen LogP contribution in [0.25, 0.3) is 0 Å². The van der Waals surface area contributed by atoms with Gasteiger partial charge in [0.1, 0.15) is 0 Å². The zero-order chi connectivity index (χ0) is 17.0. The molecule has 1 saturated carbocycles. The Bertz CT molecular complexity index is 601. The summed E-state index contributed by atoms with van der Waals surface area (Å²) in [6.07, 6.45) is 2.18. The molecule has 0 saturated heterocycles. The predicted molar refractivity (Wildman–Crippen MR) is 92.0 cm³/mol. The highest BCUT2D eigenvalue weighted by molar-refractivity contribution is 5.94. The van der Waals surface area contributed by atoms with Crippen molar-refractivity contribution < 1.29 is 9.59 Å². The Morgan fingerprint density at radius 2 is 1.70 bits per heavy atom. The fourth-order valence-corrected chi connectivity index (χ4v) is 3.01. The smallest absolute Gasteiger partial charge is 0.251 e. The quantitative estimate of drug-likeness (QED) is 0.626. The Labute approximate surface area is 138 Å². The summed E-state index contributed by atoms with van der Waals surface area (Å²) in [4.78, 5) is 24.2. The van der Waals surface area contributed by atoms with Gasteiger partial charge in [-0.1, -0.05) is 43.7 Å². The molecule has 4 nitrogen and oxygen atoms in total. The van der Waals surface area contributed by atoms with E-state index in [1.807, 2.05) is 18.2 Å². The van der Waals surface area contributed by atoms with Crippen LogP contribution in [0.4, 0.5) is 0 Å². The molecule has 0 heterocycles. The zero-order valence-corrected chi connectivity index (χ0v) is 14.3. The molecule has 0 unspecified atom stereocenters. The summed E-state index contributed by atoms with van der Waals surface area (Å²) in [6, 6.07) is 9.07. The van der Waals surface area contributed by atoms with Gasteiger partial charge in [0.2, 0.25) is 5.91 Å². The highest BCUT2D eigenvalue weighted by Crippen LogP contribution is 2.59. The molecule has 2 N–H and O–H groups in total. The summed E-state index contributed by atoms with van der Waals surface area (Å²) >= 11 is 0. The molecule has 124 valence electrons. The van der Waals surface area contributed by atoms with E-state index in [2.05, 4.69) is 44.4 Å². The minimum atomic E-state index is -0.117. The van der Waals surface area contributed by atoms with Crippen molar-refractivity contribution in [3.05, 3.63) is 47.5 Å². The Kier molecular flexibility index (Phi) is 5.24. The largest absolute Gasteiger partial charge is 0.354 e. The van der Waals surface area contributed by atoms with E-state index in [9.17, 15) is 9.59 Å². The lowest BCUT2D eigenvalue weighted by Crippen LogP contribution is -2.36. The van der Waals surface area contributed by atoms with Crippen LogP contribution in [0, 0.1) is 17.3 Å². The van der Waals surface area contributed by atoms with Crippen LogP contribution in [0.2, 0.25) is 0 Å². The number of allylic oxidation sites excluding steroid dienone is 2. The fraction of sp³-hybridized carbons (Fsp3) is 0.474. The Morgan fingerprint density at radius 1 is 1.09 bits per heavy atom. The van der Waals surface area contributed by atoms with Crippen molar-refractivity contribution in [2.75, 3.05) is 13.1 Å². The molecule has 0 aromatic heterocycles. The van der Waals surface area contributed by atoms with Gasteiger partial charge in [-0.25, -0.2) is 0 Å². The predicted octanol–water partition coefficient (Wildman–Crippen LogP) is 2.77. The molecular formula is C19H26N2O2. The second kappa shape index (κ2) is 6.99. The van der Waals surface area contributed by atoms with Gasteiger partial charge < -0.3 is 10.6 Å². The third kappa shape index (κ3) is 4.21. The number of hydrogen-bond donors (Lipinski definition) is 2. The van der Waals surface area contributed by atoms with Gasteiger partial charge in [0.05, 0.1) is 5.92 Å². The molecule has 4 heteroatoms. The Balaban J connectivity index is 1.74. The first kappa shape index (κ1) is 17.3. The van der Waals surface area contributed by atoms with Gasteiger partial charge in [-0.05, 0) is 37.3 Å². The van der Waals surface area contributed by atoms with Gasteiger partial charge in [0.25, 0.3) is 5.91 Å². The molecular weight excluding hydrogens is 288 g/mol. The van der Waals surface area contributed by atoms with E-state index >= 15 is 0 Å². The molecule has 0 radical (unpaired) electrons. The van der Waals surface area contributed by atoms with Crippen molar-refractivity contribution in [1.82, 2.24) is 10.6 Å². The fourth-order valence-electron chi connectivity index (χ4n) is 3.01. The molecule has 1 aromatic carbocycles. The van der Waals surface area contributed by atoms with Gasteiger partial charge in [-0.15, -0.1) is 0 Å². The lowest BCUT2D eigenvalue weighted by Gasteiger charge is -2.08. The second-order valence-corrected chi connectivity index (χ2v) is 6.98. The lowest BCUT2D eigenvalue weighted by molar-refractivity contribution is -0.123. The van der Waals surface area contributed by atoms with E-state index in [0.717, 1.165) is 0 Å². The third-order valence-corrected chi connectivity index (χ3v) is 4.45. The number of amides is 2. The average molecular weight is 314 g/mol.